The molecule has 0 bridgehead atoms. The number of nitrogens with two attached hydrogens (primary N) is 1. The summed E-state index contributed by atoms with van der Waals surface area (Å²) in [5.41, 5.74) is 5.97. The first-order valence-electron chi connectivity index (χ1n) is 4.64. The Morgan fingerprint density at radius 3 is 3.07 bits per heavy atom. The number of para-hydroxylation sites is 1. The quantitative estimate of drug-likeness (QED) is 0.712. The van der Waals surface area contributed by atoms with Crippen LogP contribution in [0.25, 0.3) is 0 Å². The lowest BCUT2D eigenvalue weighted by Gasteiger charge is -2.32. The van der Waals surface area contributed by atoms with Gasteiger partial charge in [-0.15, -0.1) is 0 Å². The van der Waals surface area contributed by atoms with E-state index in [4.69, 9.17) is 10.5 Å². The summed E-state index contributed by atoms with van der Waals surface area (Å²) in [7, 11) is 0. The average Bonchev–Trinajstić information content (AvgIpc) is 2.19. The summed E-state index contributed by atoms with van der Waals surface area (Å²) < 4.78 is 18.8. The summed E-state index contributed by atoms with van der Waals surface area (Å²) in [5.74, 6) is 0.253. The Bertz CT molecular complexity index is 343. The number of nitrogens with one attached hydrogen (secondary N) is 1. The number of hydrogen-bond acceptors (Lipinski definition) is 3. The van der Waals surface area contributed by atoms with Crippen molar-refractivity contribution in [1.29, 1.82) is 0 Å². The van der Waals surface area contributed by atoms with Gasteiger partial charge in [0.05, 0.1) is 6.04 Å². The van der Waals surface area contributed by atoms with Crippen molar-refractivity contribution in [3.05, 3.63) is 24.0 Å². The standard InChI is InChI=1S/C10H13FN2O/c1-6-9(5-12)14-8-4-2-3-7(11)10(8)13-6/h2-4,6,9,13H,5,12H2,1H3. The van der Waals surface area contributed by atoms with Gasteiger partial charge in [-0.25, -0.2) is 4.39 Å². The molecule has 2 unspecified atom stereocenters. The van der Waals surface area contributed by atoms with E-state index in [1.165, 1.54) is 6.07 Å². The predicted octanol–water partition coefficient (Wildman–Crippen LogP) is 1.35. The van der Waals surface area contributed by atoms with Crippen molar-refractivity contribution >= 4 is 5.69 Å². The van der Waals surface area contributed by atoms with Crippen molar-refractivity contribution in [2.45, 2.75) is 19.1 Å². The van der Waals surface area contributed by atoms with Crippen LogP contribution < -0.4 is 15.8 Å². The normalized spacial score (nSPS) is 24.8. The number of halogens is 1. The summed E-state index contributed by atoms with van der Waals surface area (Å²) in [6.07, 6.45) is -0.0932. The van der Waals surface area contributed by atoms with Crippen molar-refractivity contribution in [3.8, 4) is 5.75 Å². The van der Waals surface area contributed by atoms with Crippen molar-refractivity contribution < 1.29 is 9.13 Å². The van der Waals surface area contributed by atoms with Crippen LogP contribution in [-0.2, 0) is 0 Å². The van der Waals surface area contributed by atoms with Gasteiger partial charge >= 0.3 is 0 Å². The second kappa shape index (κ2) is 3.46. The first-order valence-corrected chi connectivity index (χ1v) is 4.64. The third-order valence-corrected chi connectivity index (χ3v) is 2.42. The Morgan fingerprint density at radius 1 is 1.57 bits per heavy atom. The van der Waals surface area contributed by atoms with Crippen LogP contribution in [0.15, 0.2) is 18.2 Å². The Labute approximate surface area is 82.1 Å². The highest BCUT2D eigenvalue weighted by Crippen LogP contribution is 2.32. The van der Waals surface area contributed by atoms with E-state index in [2.05, 4.69) is 5.32 Å². The van der Waals surface area contributed by atoms with Crippen LogP contribution in [0.4, 0.5) is 10.1 Å². The van der Waals surface area contributed by atoms with Crippen molar-refractivity contribution in [3.63, 3.8) is 0 Å². The van der Waals surface area contributed by atoms with Crippen LogP contribution in [0.1, 0.15) is 6.92 Å². The summed E-state index contributed by atoms with van der Waals surface area (Å²) in [4.78, 5) is 0. The minimum atomic E-state index is -0.287. The van der Waals surface area contributed by atoms with Crippen LogP contribution in [0.3, 0.4) is 0 Å². The van der Waals surface area contributed by atoms with Gasteiger partial charge in [0.15, 0.2) is 0 Å². The second-order valence-electron chi connectivity index (χ2n) is 3.44. The second-order valence-corrected chi connectivity index (χ2v) is 3.44. The van der Waals surface area contributed by atoms with Gasteiger partial charge in [0.25, 0.3) is 0 Å². The fraction of sp³-hybridized carbons (Fsp3) is 0.400. The molecule has 2 atom stereocenters. The molecule has 3 nitrogen and oxygen atoms in total. The zero-order valence-corrected chi connectivity index (χ0v) is 7.96. The molecule has 1 aromatic rings. The minimum absolute atomic E-state index is 0.0319. The Balaban J connectivity index is 2.35. The van der Waals surface area contributed by atoms with E-state index in [1.807, 2.05) is 6.92 Å². The Hall–Kier alpha value is -1.29. The van der Waals surface area contributed by atoms with Crippen LogP contribution in [-0.4, -0.2) is 18.7 Å². The molecule has 0 saturated carbocycles. The molecule has 76 valence electrons. The summed E-state index contributed by atoms with van der Waals surface area (Å²) in [6.45, 7) is 2.34. The van der Waals surface area contributed by atoms with Crippen LogP contribution in [0, 0.1) is 5.82 Å². The highest BCUT2D eigenvalue weighted by Gasteiger charge is 2.26. The lowest BCUT2D eigenvalue weighted by Crippen LogP contribution is -2.44. The zero-order valence-electron chi connectivity index (χ0n) is 7.96. The SMILES string of the molecule is CC1Nc2c(F)cccc2OC1CN. The maximum Gasteiger partial charge on any atom is 0.150 e. The van der Waals surface area contributed by atoms with E-state index < -0.39 is 0 Å². The number of anilines is 1. The molecule has 0 amide bonds. The molecule has 0 saturated heterocycles. The van der Waals surface area contributed by atoms with Gasteiger partial charge in [-0.3, -0.25) is 0 Å². The average molecular weight is 196 g/mol. The molecule has 3 N–H and O–H groups in total. The molecular formula is C10H13FN2O. The van der Waals surface area contributed by atoms with Gasteiger partial charge in [-0.2, -0.15) is 0 Å². The van der Waals surface area contributed by atoms with Crippen molar-refractivity contribution in [1.82, 2.24) is 0 Å². The number of ether oxygens (including phenoxy) is 1. The maximum atomic E-state index is 13.3. The Morgan fingerprint density at radius 2 is 2.36 bits per heavy atom. The summed E-state index contributed by atoms with van der Waals surface area (Å²) in [5, 5.41) is 3.05. The lowest BCUT2D eigenvalue weighted by molar-refractivity contribution is 0.181. The van der Waals surface area contributed by atoms with Crippen molar-refractivity contribution in [2.24, 2.45) is 5.73 Å². The number of fused-ring (bicyclic) bond motifs is 1. The molecule has 14 heavy (non-hydrogen) atoms. The molecule has 0 fully saturated rings. The van der Waals surface area contributed by atoms with Gasteiger partial charge in [-0.05, 0) is 19.1 Å². The number of rotatable bonds is 1. The first kappa shape index (κ1) is 9.27. The molecule has 0 spiro atoms. The van der Waals surface area contributed by atoms with Gasteiger partial charge in [-0.1, -0.05) is 6.07 Å². The fourth-order valence-corrected chi connectivity index (χ4v) is 1.58. The predicted molar refractivity (Wildman–Crippen MR) is 53.0 cm³/mol. The topological polar surface area (TPSA) is 47.3 Å². The maximum absolute atomic E-state index is 13.3. The highest BCUT2D eigenvalue weighted by molar-refractivity contribution is 5.59. The van der Waals surface area contributed by atoms with Gasteiger partial charge in [0.1, 0.15) is 23.4 Å². The summed E-state index contributed by atoms with van der Waals surface area (Å²) >= 11 is 0. The number of hydrogen-bond donors (Lipinski definition) is 2. The fourth-order valence-electron chi connectivity index (χ4n) is 1.58. The third kappa shape index (κ3) is 1.42. The van der Waals surface area contributed by atoms with E-state index in [0.717, 1.165) is 0 Å². The van der Waals surface area contributed by atoms with Crippen LogP contribution in [0.2, 0.25) is 0 Å². The van der Waals surface area contributed by atoms with E-state index in [9.17, 15) is 4.39 Å². The molecule has 0 radical (unpaired) electrons. The van der Waals surface area contributed by atoms with E-state index >= 15 is 0 Å². The van der Waals surface area contributed by atoms with Crippen LogP contribution in [0.5, 0.6) is 5.75 Å². The molecule has 1 heterocycles. The minimum Gasteiger partial charge on any atom is -0.485 e. The molecule has 1 aliphatic rings. The third-order valence-electron chi connectivity index (χ3n) is 2.42. The van der Waals surface area contributed by atoms with Gasteiger partial charge in [0, 0.05) is 6.54 Å². The molecular weight excluding hydrogens is 183 g/mol. The smallest absolute Gasteiger partial charge is 0.150 e. The van der Waals surface area contributed by atoms with Crippen LogP contribution >= 0.6 is 0 Å². The Kier molecular flexibility index (Phi) is 2.29. The molecule has 4 heteroatoms. The molecule has 2 rings (SSSR count). The summed E-state index contributed by atoms with van der Waals surface area (Å²) in [6, 6.07) is 4.80. The molecule has 0 aromatic heterocycles. The zero-order chi connectivity index (χ0) is 10.1. The molecule has 1 aromatic carbocycles. The van der Waals surface area contributed by atoms with E-state index in [0.29, 0.717) is 18.0 Å². The first-order chi connectivity index (χ1) is 6.72. The van der Waals surface area contributed by atoms with Crippen molar-refractivity contribution in [2.75, 3.05) is 11.9 Å². The van der Waals surface area contributed by atoms with Gasteiger partial charge < -0.3 is 15.8 Å². The van der Waals surface area contributed by atoms with E-state index in [1.54, 1.807) is 12.1 Å². The molecule has 0 aliphatic carbocycles. The van der Waals surface area contributed by atoms with E-state index in [-0.39, 0.29) is 18.0 Å². The largest absolute Gasteiger partial charge is 0.485 e. The lowest BCUT2D eigenvalue weighted by atomic mass is 10.1. The monoisotopic (exact) mass is 196 g/mol. The highest BCUT2D eigenvalue weighted by atomic mass is 19.1. The number of benzene rings is 1. The van der Waals surface area contributed by atoms with Gasteiger partial charge in [0.2, 0.25) is 0 Å². The molecule has 1 aliphatic heterocycles.